The first kappa shape index (κ1) is 12.9. The van der Waals surface area contributed by atoms with E-state index in [-0.39, 0.29) is 5.60 Å². The van der Waals surface area contributed by atoms with E-state index in [1.54, 1.807) is 0 Å². The molecule has 0 saturated carbocycles. The summed E-state index contributed by atoms with van der Waals surface area (Å²) in [5, 5.41) is 0. The second-order valence-corrected chi connectivity index (χ2v) is 10.6. The first-order valence-electron chi connectivity index (χ1n) is 5.17. The third-order valence-electron chi connectivity index (χ3n) is 2.08. The minimum Gasteiger partial charge on any atom is -0.409 e. The standard InChI is InChI=1S/C12H19BrOSi/c1-12(2,14-15(3,4)5)10-7-6-8-11(13)9-10/h6-9H,1-5H3. The molecule has 15 heavy (non-hydrogen) atoms. The van der Waals surface area contributed by atoms with Crippen molar-refractivity contribution < 1.29 is 4.43 Å². The predicted molar refractivity (Wildman–Crippen MR) is 71.6 cm³/mol. The van der Waals surface area contributed by atoms with Gasteiger partial charge in [0.05, 0.1) is 5.60 Å². The zero-order valence-electron chi connectivity index (χ0n) is 10.1. The molecule has 0 heterocycles. The lowest BCUT2D eigenvalue weighted by atomic mass is 9.99. The highest BCUT2D eigenvalue weighted by molar-refractivity contribution is 9.10. The van der Waals surface area contributed by atoms with Gasteiger partial charge in [-0.25, -0.2) is 0 Å². The first-order chi connectivity index (χ1) is 6.71. The number of benzene rings is 1. The monoisotopic (exact) mass is 286 g/mol. The van der Waals surface area contributed by atoms with Gasteiger partial charge in [0.2, 0.25) is 0 Å². The summed E-state index contributed by atoms with van der Waals surface area (Å²) < 4.78 is 7.29. The van der Waals surface area contributed by atoms with Crippen molar-refractivity contribution in [3.05, 3.63) is 34.3 Å². The van der Waals surface area contributed by atoms with Gasteiger partial charge < -0.3 is 4.43 Å². The zero-order chi connectivity index (χ0) is 11.7. The summed E-state index contributed by atoms with van der Waals surface area (Å²) in [7, 11) is -1.51. The summed E-state index contributed by atoms with van der Waals surface area (Å²) in [6.07, 6.45) is 0. The van der Waals surface area contributed by atoms with E-state index in [4.69, 9.17) is 4.43 Å². The van der Waals surface area contributed by atoms with Gasteiger partial charge in [0, 0.05) is 4.47 Å². The number of rotatable bonds is 3. The molecule has 0 N–H and O–H groups in total. The van der Waals surface area contributed by atoms with E-state index in [1.165, 1.54) is 5.56 Å². The van der Waals surface area contributed by atoms with Crippen molar-refractivity contribution in [2.75, 3.05) is 0 Å². The fraction of sp³-hybridized carbons (Fsp3) is 0.500. The topological polar surface area (TPSA) is 9.23 Å². The van der Waals surface area contributed by atoms with E-state index in [1.807, 2.05) is 6.07 Å². The highest BCUT2D eigenvalue weighted by Gasteiger charge is 2.28. The van der Waals surface area contributed by atoms with E-state index < -0.39 is 8.32 Å². The highest BCUT2D eigenvalue weighted by atomic mass is 79.9. The zero-order valence-corrected chi connectivity index (χ0v) is 12.7. The normalized spacial score (nSPS) is 12.9. The molecular weight excluding hydrogens is 268 g/mol. The van der Waals surface area contributed by atoms with Gasteiger partial charge in [-0.1, -0.05) is 28.1 Å². The Labute approximate surface area is 102 Å². The van der Waals surface area contributed by atoms with Crippen molar-refractivity contribution in [3.8, 4) is 0 Å². The molecule has 0 fully saturated rings. The van der Waals surface area contributed by atoms with Gasteiger partial charge >= 0.3 is 0 Å². The van der Waals surface area contributed by atoms with Crippen LogP contribution >= 0.6 is 15.9 Å². The third kappa shape index (κ3) is 4.09. The maximum absolute atomic E-state index is 6.18. The van der Waals surface area contributed by atoms with Crippen LogP contribution in [0.15, 0.2) is 28.7 Å². The Morgan fingerprint density at radius 1 is 1.20 bits per heavy atom. The molecule has 1 aromatic rings. The van der Waals surface area contributed by atoms with Crippen LogP contribution in [0.1, 0.15) is 19.4 Å². The predicted octanol–water partition coefficient (Wildman–Crippen LogP) is 4.54. The molecule has 0 aromatic heterocycles. The Hall–Kier alpha value is -0.123. The van der Waals surface area contributed by atoms with Gasteiger partial charge in [-0.3, -0.25) is 0 Å². The SMILES string of the molecule is CC(C)(O[Si](C)(C)C)c1cccc(Br)c1. The molecule has 0 bridgehead atoms. The molecule has 1 nitrogen and oxygen atoms in total. The fourth-order valence-electron chi connectivity index (χ4n) is 1.69. The molecule has 0 aliphatic heterocycles. The summed E-state index contributed by atoms with van der Waals surface area (Å²) in [4.78, 5) is 0. The Bertz CT molecular complexity index is 342. The van der Waals surface area contributed by atoms with E-state index in [2.05, 4.69) is 67.6 Å². The quantitative estimate of drug-likeness (QED) is 0.742. The third-order valence-corrected chi connectivity index (χ3v) is 3.70. The summed E-state index contributed by atoms with van der Waals surface area (Å²) in [6.45, 7) is 10.9. The van der Waals surface area contributed by atoms with Crippen molar-refractivity contribution in [3.63, 3.8) is 0 Å². The minimum absolute atomic E-state index is 0.200. The van der Waals surface area contributed by atoms with Crippen LogP contribution in [0.2, 0.25) is 19.6 Å². The first-order valence-corrected chi connectivity index (χ1v) is 9.37. The van der Waals surface area contributed by atoms with Crippen LogP contribution in [0.3, 0.4) is 0 Å². The van der Waals surface area contributed by atoms with Crippen molar-refractivity contribution in [2.45, 2.75) is 39.1 Å². The second kappa shape index (κ2) is 4.40. The van der Waals surface area contributed by atoms with Crippen molar-refractivity contribution >= 4 is 24.2 Å². The molecule has 1 aromatic carbocycles. The lowest BCUT2D eigenvalue weighted by Gasteiger charge is -2.33. The van der Waals surface area contributed by atoms with Crippen LogP contribution in [-0.4, -0.2) is 8.32 Å². The molecule has 84 valence electrons. The van der Waals surface area contributed by atoms with Crippen molar-refractivity contribution in [1.29, 1.82) is 0 Å². The molecular formula is C12H19BrOSi. The Balaban J connectivity index is 2.95. The van der Waals surface area contributed by atoms with E-state index in [9.17, 15) is 0 Å². The minimum atomic E-state index is -1.51. The Morgan fingerprint density at radius 2 is 1.80 bits per heavy atom. The molecule has 0 radical (unpaired) electrons. The van der Waals surface area contributed by atoms with Crippen LogP contribution in [0.4, 0.5) is 0 Å². The summed E-state index contributed by atoms with van der Waals surface area (Å²) in [5.41, 5.74) is 1.02. The number of halogens is 1. The van der Waals surface area contributed by atoms with Crippen LogP contribution in [0.25, 0.3) is 0 Å². The van der Waals surface area contributed by atoms with E-state index >= 15 is 0 Å². The van der Waals surface area contributed by atoms with Crippen LogP contribution in [-0.2, 0) is 10.0 Å². The lowest BCUT2D eigenvalue weighted by Crippen LogP contribution is -2.36. The molecule has 0 unspecified atom stereocenters. The molecule has 3 heteroatoms. The van der Waals surface area contributed by atoms with Gasteiger partial charge in [0.1, 0.15) is 0 Å². The molecule has 1 rings (SSSR count). The maximum Gasteiger partial charge on any atom is 0.184 e. The molecule has 0 saturated heterocycles. The van der Waals surface area contributed by atoms with Crippen molar-refractivity contribution in [1.82, 2.24) is 0 Å². The van der Waals surface area contributed by atoms with Crippen molar-refractivity contribution in [2.24, 2.45) is 0 Å². The van der Waals surface area contributed by atoms with Gasteiger partial charge in [-0.05, 0) is 51.2 Å². The molecule has 0 aliphatic carbocycles. The summed E-state index contributed by atoms with van der Waals surface area (Å²) >= 11 is 3.49. The molecule has 0 aliphatic rings. The van der Waals surface area contributed by atoms with E-state index in [0.717, 1.165) is 4.47 Å². The average molecular weight is 287 g/mol. The molecule has 0 amide bonds. The highest BCUT2D eigenvalue weighted by Crippen LogP contribution is 2.30. The van der Waals surface area contributed by atoms with Gasteiger partial charge in [-0.2, -0.15) is 0 Å². The fourth-order valence-corrected chi connectivity index (χ4v) is 3.74. The Morgan fingerprint density at radius 3 is 2.27 bits per heavy atom. The van der Waals surface area contributed by atoms with Crippen LogP contribution in [0.5, 0.6) is 0 Å². The van der Waals surface area contributed by atoms with E-state index in [0.29, 0.717) is 0 Å². The number of hydrogen-bond acceptors (Lipinski definition) is 1. The largest absolute Gasteiger partial charge is 0.409 e. The second-order valence-electron chi connectivity index (χ2n) is 5.24. The molecule has 0 atom stereocenters. The lowest BCUT2D eigenvalue weighted by molar-refractivity contribution is 0.0999. The Kier molecular flexibility index (Phi) is 3.79. The number of hydrogen-bond donors (Lipinski definition) is 0. The van der Waals surface area contributed by atoms with Gasteiger partial charge in [0.15, 0.2) is 8.32 Å². The summed E-state index contributed by atoms with van der Waals surface area (Å²) in [6, 6.07) is 8.33. The van der Waals surface area contributed by atoms with Gasteiger partial charge in [-0.15, -0.1) is 0 Å². The molecule has 0 spiro atoms. The van der Waals surface area contributed by atoms with Gasteiger partial charge in [0.25, 0.3) is 0 Å². The summed E-state index contributed by atoms with van der Waals surface area (Å²) in [5.74, 6) is 0. The van der Waals surface area contributed by atoms with Crippen LogP contribution < -0.4 is 0 Å². The smallest absolute Gasteiger partial charge is 0.184 e. The maximum atomic E-state index is 6.18. The van der Waals surface area contributed by atoms with Crippen LogP contribution in [0, 0.1) is 0 Å². The average Bonchev–Trinajstić information content (AvgIpc) is 1.99.